The van der Waals surface area contributed by atoms with E-state index in [-0.39, 0.29) is 0 Å². The number of allylic oxidation sites excluding steroid dienone is 3. The SMILES string of the molecule is C=C(/C=C/c1cncc(CCCNC(C)CCNC)c1)/C(Nc1ccc(C)c(/C=C\C)c1C)=C(\C)C#N. The number of nitriles is 1. The molecule has 0 amide bonds. The molecular weight excluding hydrogens is 454 g/mol. The van der Waals surface area contributed by atoms with Crippen molar-refractivity contribution in [2.24, 2.45) is 0 Å². The number of hydrogen-bond donors (Lipinski definition) is 3. The predicted octanol–water partition coefficient (Wildman–Crippen LogP) is 6.73. The zero-order valence-corrected chi connectivity index (χ0v) is 23.4. The molecule has 37 heavy (non-hydrogen) atoms. The molecule has 2 aromatic rings. The van der Waals surface area contributed by atoms with Crippen LogP contribution >= 0.6 is 0 Å². The summed E-state index contributed by atoms with van der Waals surface area (Å²) < 4.78 is 0. The maximum absolute atomic E-state index is 9.64. The molecule has 1 aromatic carbocycles. The average molecular weight is 498 g/mol. The zero-order valence-electron chi connectivity index (χ0n) is 23.4. The molecule has 1 aromatic heterocycles. The minimum absolute atomic E-state index is 0.511. The number of benzene rings is 1. The number of anilines is 1. The molecule has 1 heterocycles. The number of hydrogen-bond acceptors (Lipinski definition) is 5. The molecule has 0 fully saturated rings. The van der Waals surface area contributed by atoms with Crippen LogP contribution in [0.5, 0.6) is 0 Å². The quantitative estimate of drug-likeness (QED) is 0.153. The number of pyridine rings is 1. The Bertz CT molecular complexity index is 1180. The van der Waals surface area contributed by atoms with Gasteiger partial charge in [-0.05, 0) is 120 Å². The summed E-state index contributed by atoms with van der Waals surface area (Å²) in [6, 6.07) is 9.11. The summed E-state index contributed by atoms with van der Waals surface area (Å²) >= 11 is 0. The molecule has 1 unspecified atom stereocenters. The van der Waals surface area contributed by atoms with Crippen molar-refractivity contribution >= 4 is 17.8 Å². The molecule has 1 atom stereocenters. The third-order valence-corrected chi connectivity index (χ3v) is 6.45. The highest BCUT2D eigenvalue weighted by atomic mass is 14.9. The second-order valence-corrected chi connectivity index (χ2v) is 9.54. The highest BCUT2D eigenvalue weighted by Gasteiger charge is 2.11. The van der Waals surface area contributed by atoms with E-state index >= 15 is 0 Å². The van der Waals surface area contributed by atoms with Crippen LogP contribution < -0.4 is 16.0 Å². The van der Waals surface area contributed by atoms with Crippen LogP contribution in [0, 0.1) is 25.2 Å². The van der Waals surface area contributed by atoms with Crippen LogP contribution in [0.15, 0.2) is 66.2 Å². The Hall–Kier alpha value is -3.46. The molecule has 0 saturated carbocycles. The molecule has 2 rings (SSSR count). The Labute approximate surface area is 224 Å². The summed E-state index contributed by atoms with van der Waals surface area (Å²) in [5.41, 5.74) is 8.80. The molecule has 0 spiro atoms. The van der Waals surface area contributed by atoms with Gasteiger partial charge in [0.25, 0.3) is 0 Å². The van der Waals surface area contributed by atoms with Crippen molar-refractivity contribution in [1.29, 1.82) is 5.26 Å². The van der Waals surface area contributed by atoms with Gasteiger partial charge in [0.15, 0.2) is 0 Å². The van der Waals surface area contributed by atoms with Gasteiger partial charge in [0, 0.05) is 24.1 Å². The van der Waals surface area contributed by atoms with Gasteiger partial charge < -0.3 is 16.0 Å². The first-order chi connectivity index (χ1) is 17.8. The summed E-state index contributed by atoms with van der Waals surface area (Å²) in [5.74, 6) is 0. The predicted molar refractivity (Wildman–Crippen MR) is 159 cm³/mol. The lowest BCUT2D eigenvalue weighted by Crippen LogP contribution is -2.30. The number of nitrogens with zero attached hydrogens (tertiary/aromatic N) is 2. The van der Waals surface area contributed by atoms with Crippen LogP contribution in [-0.2, 0) is 6.42 Å². The number of rotatable bonds is 14. The van der Waals surface area contributed by atoms with Gasteiger partial charge in [-0.1, -0.05) is 36.9 Å². The van der Waals surface area contributed by atoms with Crippen LogP contribution in [0.4, 0.5) is 5.69 Å². The van der Waals surface area contributed by atoms with Crippen molar-refractivity contribution in [3.8, 4) is 6.07 Å². The van der Waals surface area contributed by atoms with Crippen molar-refractivity contribution in [1.82, 2.24) is 15.6 Å². The molecule has 0 aliphatic rings. The molecule has 196 valence electrons. The second kappa shape index (κ2) is 15.6. The fraction of sp³-hybridized carbons (Fsp3) is 0.375. The fourth-order valence-corrected chi connectivity index (χ4v) is 4.15. The van der Waals surface area contributed by atoms with Crippen molar-refractivity contribution in [2.45, 2.75) is 59.9 Å². The summed E-state index contributed by atoms with van der Waals surface area (Å²) in [6.45, 7) is 16.5. The Morgan fingerprint density at radius 2 is 1.97 bits per heavy atom. The Morgan fingerprint density at radius 1 is 1.19 bits per heavy atom. The molecule has 3 N–H and O–H groups in total. The molecular formula is C32H43N5. The van der Waals surface area contributed by atoms with Gasteiger partial charge in [-0.3, -0.25) is 4.98 Å². The van der Waals surface area contributed by atoms with E-state index in [0.29, 0.717) is 11.6 Å². The van der Waals surface area contributed by atoms with Crippen LogP contribution in [-0.4, -0.2) is 31.2 Å². The molecule has 0 bridgehead atoms. The summed E-state index contributed by atoms with van der Waals surface area (Å²) in [7, 11) is 1.99. The van der Waals surface area contributed by atoms with Gasteiger partial charge in [-0.2, -0.15) is 5.26 Å². The lowest BCUT2D eigenvalue weighted by atomic mass is 9.99. The Morgan fingerprint density at radius 3 is 2.68 bits per heavy atom. The van der Waals surface area contributed by atoms with Crippen LogP contribution in [0.1, 0.15) is 61.4 Å². The van der Waals surface area contributed by atoms with Gasteiger partial charge in [0.05, 0.1) is 17.3 Å². The minimum atomic E-state index is 0.511. The highest BCUT2D eigenvalue weighted by Crippen LogP contribution is 2.27. The number of aromatic nitrogens is 1. The van der Waals surface area contributed by atoms with E-state index in [4.69, 9.17) is 0 Å². The highest BCUT2D eigenvalue weighted by molar-refractivity contribution is 5.70. The van der Waals surface area contributed by atoms with Crippen LogP contribution in [0.2, 0.25) is 0 Å². The van der Waals surface area contributed by atoms with Crippen LogP contribution in [0.3, 0.4) is 0 Å². The largest absolute Gasteiger partial charge is 0.354 e. The van der Waals surface area contributed by atoms with Gasteiger partial charge in [-0.15, -0.1) is 0 Å². The van der Waals surface area contributed by atoms with Crippen molar-refractivity contribution in [3.63, 3.8) is 0 Å². The monoisotopic (exact) mass is 497 g/mol. The van der Waals surface area contributed by atoms with E-state index in [2.05, 4.69) is 78.6 Å². The van der Waals surface area contributed by atoms with E-state index in [1.165, 1.54) is 16.7 Å². The minimum Gasteiger partial charge on any atom is -0.354 e. The van der Waals surface area contributed by atoms with E-state index in [1.54, 1.807) is 0 Å². The third kappa shape index (κ3) is 9.49. The third-order valence-electron chi connectivity index (χ3n) is 6.45. The molecule has 5 nitrogen and oxygen atoms in total. The standard InChI is InChI=1S/C32H43N5/c1-8-10-30-23(2)13-15-31(27(30)6)37-32(25(4)20-33)24(3)12-14-29-19-28(21-35-22-29)11-9-17-36-26(5)16-18-34-7/h8,10,12-15,19,21-22,26,34,36-37H,3,9,11,16-18H2,1-2,4-7H3/b10-8-,14-12+,32-25-. The van der Waals surface area contributed by atoms with Gasteiger partial charge in [0.2, 0.25) is 0 Å². The van der Waals surface area contributed by atoms with E-state index in [0.717, 1.165) is 60.4 Å². The van der Waals surface area contributed by atoms with E-state index in [9.17, 15) is 5.26 Å². The summed E-state index contributed by atoms with van der Waals surface area (Å²) in [4.78, 5) is 4.43. The van der Waals surface area contributed by atoms with Crippen molar-refractivity contribution in [2.75, 3.05) is 25.5 Å². The normalized spacial score (nSPS) is 13.0. The number of aryl methyl sites for hydroxylation is 2. The first-order valence-electron chi connectivity index (χ1n) is 13.1. The molecule has 0 aliphatic carbocycles. The summed E-state index contributed by atoms with van der Waals surface area (Å²) in [6.07, 6.45) is 15.1. The van der Waals surface area contributed by atoms with Crippen LogP contribution in [0.25, 0.3) is 12.2 Å². The zero-order chi connectivity index (χ0) is 27.2. The van der Waals surface area contributed by atoms with Gasteiger partial charge in [-0.25, -0.2) is 0 Å². The molecule has 0 saturated heterocycles. The van der Waals surface area contributed by atoms with E-state index in [1.807, 2.05) is 51.5 Å². The van der Waals surface area contributed by atoms with E-state index < -0.39 is 0 Å². The average Bonchev–Trinajstić information content (AvgIpc) is 2.90. The first-order valence-corrected chi connectivity index (χ1v) is 13.1. The van der Waals surface area contributed by atoms with Crippen molar-refractivity contribution < 1.29 is 0 Å². The molecule has 0 radical (unpaired) electrons. The second-order valence-electron chi connectivity index (χ2n) is 9.54. The fourth-order valence-electron chi connectivity index (χ4n) is 4.15. The van der Waals surface area contributed by atoms with Gasteiger partial charge in [0.1, 0.15) is 0 Å². The smallest absolute Gasteiger partial charge is 0.0966 e. The summed E-state index contributed by atoms with van der Waals surface area (Å²) in [5, 5.41) is 19.9. The number of nitrogens with one attached hydrogen (secondary N) is 3. The van der Waals surface area contributed by atoms with Gasteiger partial charge >= 0.3 is 0 Å². The lowest BCUT2D eigenvalue weighted by Gasteiger charge is -2.17. The first kappa shape index (κ1) is 29.8. The maximum Gasteiger partial charge on any atom is 0.0966 e. The molecule has 0 aliphatic heterocycles. The Balaban J connectivity index is 2.09. The van der Waals surface area contributed by atoms with Crippen molar-refractivity contribution in [3.05, 3.63) is 94.0 Å². The maximum atomic E-state index is 9.64. The Kier molecular flexibility index (Phi) is 12.6. The molecule has 5 heteroatoms. The lowest BCUT2D eigenvalue weighted by molar-refractivity contribution is 0.497. The topological polar surface area (TPSA) is 72.8 Å².